The molecular weight excluding hydrogens is 276 g/mol. The van der Waals surface area contributed by atoms with Crippen molar-refractivity contribution in [2.24, 2.45) is 10.8 Å². The maximum Gasteiger partial charge on any atom is 0.178 e. The van der Waals surface area contributed by atoms with Crippen LogP contribution in [0.3, 0.4) is 0 Å². The molecule has 1 N–H and O–H groups in total. The van der Waals surface area contributed by atoms with Gasteiger partial charge in [-0.2, -0.15) is 0 Å². The minimum Gasteiger partial charge on any atom is -0.331 e. The predicted octanol–water partition coefficient (Wildman–Crippen LogP) is 5.78. The summed E-state index contributed by atoms with van der Waals surface area (Å²) in [6, 6.07) is 7.08. The van der Waals surface area contributed by atoms with Crippen LogP contribution in [-0.4, -0.2) is 9.55 Å². The van der Waals surface area contributed by atoms with E-state index in [1.54, 1.807) is 0 Å². The average Bonchev–Trinajstić information content (AvgIpc) is 2.59. The lowest BCUT2D eigenvalue weighted by Gasteiger charge is -2.45. The van der Waals surface area contributed by atoms with Gasteiger partial charge in [0.15, 0.2) is 4.77 Å². The van der Waals surface area contributed by atoms with Crippen molar-refractivity contribution in [1.29, 1.82) is 0 Å². The molecule has 0 bridgehead atoms. The van der Waals surface area contributed by atoms with Crippen molar-refractivity contribution in [2.45, 2.75) is 59.9 Å². The van der Waals surface area contributed by atoms with Gasteiger partial charge in [0.25, 0.3) is 0 Å². The van der Waals surface area contributed by atoms with Crippen LogP contribution in [0.4, 0.5) is 0 Å². The number of hydrogen-bond donors (Lipinski definition) is 1. The van der Waals surface area contributed by atoms with Crippen LogP contribution in [0.2, 0.25) is 0 Å². The molecule has 0 spiro atoms. The Balaban J connectivity index is 2.12. The second kappa shape index (κ2) is 4.70. The zero-order chi connectivity index (χ0) is 15.4. The van der Waals surface area contributed by atoms with E-state index < -0.39 is 0 Å². The first-order valence-corrected chi connectivity index (χ1v) is 8.29. The lowest BCUT2D eigenvalue weighted by Crippen LogP contribution is -2.35. The van der Waals surface area contributed by atoms with Gasteiger partial charge in [-0.25, -0.2) is 0 Å². The fraction of sp³-hybridized carbons (Fsp3) is 0.611. The van der Waals surface area contributed by atoms with Crippen LogP contribution in [0.15, 0.2) is 18.2 Å². The molecule has 3 heteroatoms. The number of imidazole rings is 1. The number of H-pyrrole nitrogens is 1. The van der Waals surface area contributed by atoms with Gasteiger partial charge in [-0.1, -0.05) is 33.8 Å². The van der Waals surface area contributed by atoms with Crippen LogP contribution in [0.1, 0.15) is 58.6 Å². The SMILES string of the molecule is Cc1ccc2c(c1)[nH]c(=S)n2C1CC(C)(C)CC(C)(C)C1. The second-order valence-electron chi connectivity index (χ2n) is 8.39. The number of nitrogens with zero attached hydrogens (tertiary/aromatic N) is 1. The van der Waals surface area contributed by atoms with Crippen LogP contribution in [0, 0.1) is 22.5 Å². The molecule has 3 rings (SSSR count). The maximum atomic E-state index is 5.63. The molecule has 0 atom stereocenters. The molecule has 1 saturated carbocycles. The van der Waals surface area contributed by atoms with Gasteiger partial charge < -0.3 is 9.55 Å². The van der Waals surface area contributed by atoms with Crippen molar-refractivity contribution < 1.29 is 0 Å². The van der Waals surface area contributed by atoms with Crippen LogP contribution >= 0.6 is 12.2 Å². The van der Waals surface area contributed by atoms with E-state index in [0.717, 1.165) is 4.77 Å². The lowest BCUT2D eigenvalue weighted by molar-refractivity contribution is 0.0733. The third kappa shape index (κ3) is 2.80. The Morgan fingerprint density at radius 3 is 2.38 bits per heavy atom. The summed E-state index contributed by atoms with van der Waals surface area (Å²) >= 11 is 5.63. The fourth-order valence-corrected chi connectivity index (χ4v) is 4.94. The molecule has 2 nitrogen and oxygen atoms in total. The minimum absolute atomic E-state index is 0.371. The van der Waals surface area contributed by atoms with Gasteiger partial charge in [0, 0.05) is 6.04 Å². The number of aromatic nitrogens is 2. The molecule has 1 fully saturated rings. The highest BCUT2D eigenvalue weighted by Gasteiger charge is 2.39. The van der Waals surface area contributed by atoms with Gasteiger partial charge in [-0.15, -0.1) is 0 Å². The van der Waals surface area contributed by atoms with Crippen molar-refractivity contribution in [3.8, 4) is 0 Å². The molecule has 0 amide bonds. The standard InChI is InChI=1S/C18H26N2S/c1-12-6-7-15-14(8-12)19-16(21)20(15)13-9-17(2,3)11-18(4,5)10-13/h6-8,13H,9-11H2,1-5H3,(H,19,21). The molecule has 114 valence electrons. The number of rotatable bonds is 1. The molecule has 1 aliphatic carbocycles. The van der Waals surface area contributed by atoms with E-state index in [1.165, 1.54) is 35.9 Å². The number of fused-ring (bicyclic) bond motifs is 1. The van der Waals surface area contributed by atoms with E-state index in [0.29, 0.717) is 16.9 Å². The van der Waals surface area contributed by atoms with Gasteiger partial charge in [-0.05, 0) is 66.9 Å². The third-order valence-corrected chi connectivity index (χ3v) is 5.07. The molecule has 21 heavy (non-hydrogen) atoms. The monoisotopic (exact) mass is 302 g/mol. The Hall–Kier alpha value is -1.09. The summed E-state index contributed by atoms with van der Waals surface area (Å²) in [6.07, 6.45) is 3.68. The van der Waals surface area contributed by atoms with E-state index in [1.807, 2.05) is 0 Å². The fourth-order valence-electron chi connectivity index (χ4n) is 4.58. The maximum absolute atomic E-state index is 5.63. The van der Waals surface area contributed by atoms with Crippen molar-refractivity contribution >= 4 is 23.3 Å². The number of nitrogens with one attached hydrogen (secondary N) is 1. The average molecular weight is 302 g/mol. The minimum atomic E-state index is 0.371. The molecule has 0 unspecified atom stereocenters. The van der Waals surface area contributed by atoms with E-state index in [-0.39, 0.29) is 0 Å². The Morgan fingerprint density at radius 1 is 1.14 bits per heavy atom. The molecule has 0 aliphatic heterocycles. The summed E-state index contributed by atoms with van der Waals surface area (Å²) < 4.78 is 3.24. The Morgan fingerprint density at radius 2 is 1.76 bits per heavy atom. The van der Waals surface area contributed by atoms with Crippen molar-refractivity contribution in [3.05, 3.63) is 28.5 Å². The Kier molecular flexibility index (Phi) is 3.32. The smallest absolute Gasteiger partial charge is 0.178 e. The summed E-state index contributed by atoms with van der Waals surface area (Å²) in [5.74, 6) is 0. The molecular formula is C18H26N2S. The first-order chi connectivity index (χ1) is 9.67. The second-order valence-corrected chi connectivity index (χ2v) is 8.77. The first-order valence-electron chi connectivity index (χ1n) is 7.88. The molecule has 1 aromatic carbocycles. The zero-order valence-electron chi connectivity index (χ0n) is 13.8. The molecule has 2 aromatic rings. The van der Waals surface area contributed by atoms with Gasteiger partial charge >= 0.3 is 0 Å². The highest BCUT2D eigenvalue weighted by atomic mass is 32.1. The van der Waals surface area contributed by atoms with E-state index in [2.05, 4.69) is 62.4 Å². The number of aromatic amines is 1. The van der Waals surface area contributed by atoms with Gasteiger partial charge in [0.05, 0.1) is 11.0 Å². The van der Waals surface area contributed by atoms with Crippen molar-refractivity contribution in [1.82, 2.24) is 9.55 Å². The topological polar surface area (TPSA) is 20.7 Å². The summed E-state index contributed by atoms with van der Waals surface area (Å²) in [7, 11) is 0. The zero-order valence-corrected chi connectivity index (χ0v) is 14.6. The largest absolute Gasteiger partial charge is 0.331 e. The summed E-state index contributed by atoms with van der Waals surface area (Å²) in [6.45, 7) is 11.7. The van der Waals surface area contributed by atoms with Gasteiger partial charge in [0.1, 0.15) is 0 Å². The highest BCUT2D eigenvalue weighted by molar-refractivity contribution is 7.71. The number of aryl methyl sites for hydroxylation is 1. The quantitative estimate of drug-likeness (QED) is 0.662. The van der Waals surface area contributed by atoms with Gasteiger partial charge in [-0.3, -0.25) is 0 Å². The van der Waals surface area contributed by atoms with Crippen LogP contribution in [0.5, 0.6) is 0 Å². The normalized spacial score (nSPS) is 21.8. The highest BCUT2D eigenvalue weighted by Crippen LogP contribution is 2.50. The first kappa shape index (κ1) is 14.8. The Labute approximate surface area is 132 Å². The predicted molar refractivity (Wildman–Crippen MR) is 92.3 cm³/mol. The van der Waals surface area contributed by atoms with Crippen LogP contribution < -0.4 is 0 Å². The molecule has 1 aliphatic rings. The molecule has 0 radical (unpaired) electrons. The van der Waals surface area contributed by atoms with E-state index in [4.69, 9.17) is 12.2 Å². The van der Waals surface area contributed by atoms with Gasteiger partial charge in [0.2, 0.25) is 0 Å². The molecule has 1 aromatic heterocycles. The van der Waals surface area contributed by atoms with Crippen LogP contribution in [-0.2, 0) is 0 Å². The summed E-state index contributed by atoms with van der Waals surface area (Å²) in [5.41, 5.74) is 4.44. The lowest BCUT2D eigenvalue weighted by atomic mass is 9.63. The van der Waals surface area contributed by atoms with Crippen molar-refractivity contribution in [2.75, 3.05) is 0 Å². The molecule has 0 saturated heterocycles. The van der Waals surface area contributed by atoms with Crippen molar-refractivity contribution in [3.63, 3.8) is 0 Å². The number of hydrogen-bond acceptors (Lipinski definition) is 1. The molecule has 1 heterocycles. The Bertz CT molecular complexity index is 717. The van der Waals surface area contributed by atoms with E-state index >= 15 is 0 Å². The summed E-state index contributed by atoms with van der Waals surface area (Å²) in [4.78, 5) is 3.40. The van der Waals surface area contributed by atoms with Crippen LogP contribution in [0.25, 0.3) is 11.0 Å². The summed E-state index contributed by atoms with van der Waals surface area (Å²) in [5, 5.41) is 0. The van der Waals surface area contributed by atoms with E-state index in [9.17, 15) is 0 Å². The number of benzene rings is 1. The third-order valence-electron chi connectivity index (χ3n) is 4.77.